The van der Waals surface area contributed by atoms with Crippen molar-refractivity contribution in [3.05, 3.63) is 17.2 Å². The molecule has 0 saturated heterocycles. The van der Waals surface area contributed by atoms with Crippen LogP contribution in [0.25, 0.3) is 0 Å². The Kier molecular flexibility index (Phi) is 2.34. The van der Waals surface area contributed by atoms with Gasteiger partial charge >= 0.3 is 5.97 Å². The Morgan fingerprint density at radius 2 is 2.23 bits per heavy atom. The number of hydrogen-bond acceptors (Lipinski definition) is 2. The minimum atomic E-state index is -1.01. The zero-order valence-electron chi connectivity index (χ0n) is 7.71. The van der Waals surface area contributed by atoms with E-state index in [1.165, 1.54) is 6.33 Å². The van der Waals surface area contributed by atoms with E-state index in [2.05, 4.69) is 4.98 Å². The molecule has 0 aliphatic rings. The molecule has 1 aromatic heterocycles. The Hall–Kier alpha value is -1.03. The summed E-state index contributed by atoms with van der Waals surface area (Å²) in [5.41, 5.74) is -0.496. The Balaban J connectivity index is 3.28. The molecule has 5 heteroatoms. The first-order valence-corrected chi connectivity index (χ1v) is 4.16. The molecule has 1 aromatic rings. The molecule has 0 aliphatic heterocycles. The van der Waals surface area contributed by atoms with Crippen molar-refractivity contribution < 1.29 is 9.90 Å². The van der Waals surface area contributed by atoms with Crippen LogP contribution in [-0.4, -0.2) is 20.6 Å². The highest BCUT2D eigenvalue weighted by Gasteiger charge is 2.34. The highest BCUT2D eigenvalue weighted by molar-refractivity contribution is 6.30. The Bertz CT molecular complexity index is 324. The van der Waals surface area contributed by atoms with Crippen molar-refractivity contribution in [2.75, 3.05) is 0 Å². The van der Waals surface area contributed by atoms with Crippen molar-refractivity contribution in [3.8, 4) is 0 Å². The number of carboxylic acids is 1. The summed E-state index contributed by atoms with van der Waals surface area (Å²) in [6, 6.07) is 0. The second-order valence-electron chi connectivity index (χ2n) is 3.43. The zero-order valence-corrected chi connectivity index (χ0v) is 8.46. The lowest BCUT2D eigenvalue weighted by molar-refractivity contribution is -0.142. The molecule has 0 spiro atoms. The molecule has 0 bridgehead atoms. The van der Waals surface area contributed by atoms with E-state index in [0.717, 1.165) is 0 Å². The van der Waals surface area contributed by atoms with Gasteiger partial charge in [-0.05, 0) is 13.8 Å². The van der Waals surface area contributed by atoms with E-state index in [9.17, 15) is 4.79 Å². The molecular formula is C8H11ClN2O2. The fourth-order valence-electron chi connectivity index (χ4n) is 1.20. The number of halogens is 1. The summed E-state index contributed by atoms with van der Waals surface area (Å²) in [7, 11) is 1.72. The molecule has 1 rings (SSSR count). The van der Waals surface area contributed by atoms with Gasteiger partial charge in [-0.25, -0.2) is 4.98 Å². The number of hydrogen-bond donors (Lipinski definition) is 1. The van der Waals surface area contributed by atoms with Gasteiger partial charge in [-0.3, -0.25) is 4.79 Å². The molecular weight excluding hydrogens is 192 g/mol. The highest BCUT2D eigenvalue weighted by Crippen LogP contribution is 2.28. The molecule has 0 aromatic carbocycles. The number of imidazole rings is 1. The minimum absolute atomic E-state index is 0.245. The molecule has 4 nitrogen and oxygen atoms in total. The lowest BCUT2D eigenvalue weighted by Crippen LogP contribution is -2.31. The number of nitrogens with zero attached hydrogens (tertiary/aromatic N) is 2. The van der Waals surface area contributed by atoms with E-state index >= 15 is 0 Å². The van der Waals surface area contributed by atoms with Crippen molar-refractivity contribution in [3.63, 3.8) is 0 Å². The molecule has 13 heavy (non-hydrogen) atoms. The maximum absolute atomic E-state index is 10.9. The van der Waals surface area contributed by atoms with Gasteiger partial charge in [0, 0.05) is 7.05 Å². The van der Waals surface area contributed by atoms with Gasteiger partial charge in [0.05, 0.1) is 12.0 Å². The van der Waals surface area contributed by atoms with Gasteiger partial charge in [-0.2, -0.15) is 0 Å². The fraction of sp³-hybridized carbons (Fsp3) is 0.500. The molecule has 0 fully saturated rings. The van der Waals surface area contributed by atoms with Gasteiger partial charge < -0.3 is 9.67 Å². The van der Waals surface area contributed by atoms with Crippen LogP contribution in [0.4, 0.5) is 0 Å². The van der Waals surface area contributed by atoms with Gasteiger partial charge in [0.1, 0.15) is 5.41 Å². The van der Waals surface area contributed by atoms with E-state index in [1.54, 1.807) is 25.5 Å². The van der Waals surface area contributed by atoms with Crippen LogP contribution in [0.3, 0.4) is 0 Å². The Labute approximate surface area is 81.2 Å². The molecule has 0 atom stereocenters. The maximum Gasteiger partial charge on any atom is 0.315 e. The lowest BCUT2D eigenvalue weighted by Gasteiger charge is -2.19. The maximum atomic E-state index is 10.9. The number of aliphatic carboxylic acids is 1. The normalized spacial score (nSPS) is 11.7. The van der Waals surface area contributed by atoms with E-state index in [-0.39, 0.29) is 5.15 Å². The summed E-state index contributed by atoms with van der Waals surface area (Å²) < 4.78 is 1.62. The van der Waals surface area contributed by atoms with Crippen LogP contribution in [0.2, 0.25) is 5.15 Å². The van der Waals surface area contributed by atoms with Gasteiger partial charge in [0.25, 0.3) is 0 Å². The predicted molar refractivity (Wildman–Crippen MR) is 48.9 cm³/mol. The summed E-state index contributed by atoms with van der Waals surface area (Å²) in [5, 5.41) is 9.21. The molecule has 0 radical (unpaired) electrons. The van der Waals surface area contributed by atoms with Crippen molar-refractivity contribution in [2.45, 2.75) is 19.3 Å². The van der Waals surface area contributed by atoms with Crippen LogP contribution in [0, 0.1) is 0 Å². The zero-order chi connectivity index (χ0) is 10.2. The van der Waals surface area contributed by atoms with E-state index in [4.69, 9.17) is 16.7 Å². The number of rotatable bonds is 2. The van der Waals surface area contributed by atoms with Crippen LogP contribution in [0.1, 0.15) is 19.5 Å². The predicted octanol–water partition coefficient (Wildman–Crippen LogP) is 1.44. The van der Waals surface area contributed by atoms with Crippen molar-refractivity contribution in [1.82, 2.24) is 9.55 Å². The second-order valence-corrected chi connectivity index (χ2v) is 3.78. The molecule has 1 N–H and O–H groups in total. The third-order valence-electron chi connectivity index (χ3n) is 2.02. The van der Waals surface area contributed by atoms with Crippen LogP contribution in [-0.2, 0) is 17.3 Å². The third-order valence-corrected chi connectivity index (χ3v) is 2.30. The monoisotopic (exact) mass is 202 g/mol. The van der Waals surface area contributed by atoms with E-state index < -0.39 is 11.4 Å². The minimum Gasteiger partial charge on any atom is -0.481 e. The van der Waals surface area contributed by atoms with Crippen LogP contribution in [0.15, 0.2) is 6.33 Å². The van der Waals surface area contributed by atoms with Gasteiger partial charge in [-0.15, -0.1) is 0 Å². The smallest absolute Gasteiger partial charge is 0.315 e. The Morgan fingerprint density at radius 3 is 2.54 bits per heavy atom. The Morgan fingerprint density at radius 1 is 1.69 bits per heavy atom. The van der Waals surface area contributed by atoms with Gasteiger partial charge in [0.2, 0.25) is 0 Å². The first kappa shape index (κ1) is 10.1. The topological polar surface area (TPSA) is 55.1 Å². The summed E-state index contributed by atoms with van der Waals surface area (Å²) in [6.07, 6.45) is 1.50. The lowest BCUT2D eigenvalue weighted by atomic mass is 9.90. The number of aromatic nitrogens is 2. The molecule has 0 saturated carbocycles. The fourth-order valence-corrected chi connectivity index (χ4v) is 1.61. The molecule has 1 heterocycles. The third kappa shape index (κ3) is 1.54. The number of aryl methyl sites for hydroxylation is 1. The largest absolute Gasteiger partial charge is 0.481 e. The summed E-state index contributed by atoms with van der Waals surface area (Å²) in [6.45, 7) is 3.19. The molecule has 72 valence electrons. The average Bonchev–Trinajstić information content (AvgIpc) is 2.30. The number of carboxylic acid groups (broad SMARTS) is 1. The second kappa shape index (κ2) is 3.03. The highest BCUT2D eigenvalue weighted by atomic mass is 35.5. The molecule has 0 aliphatic carbocycles. The molecule has 0 unspecified atom stereocenters. The SMILES string of the molecule is Cn1cnc(Cl)c1C(C)(C)C(=O)O. The standard InChI is InChI=1S/C8H11ClN2O2/c1-8(2,7(12)13)5-6(9)10-4-11(5)3/h4H,1-3H3,(H,12,13). The summed E-state index contributed by atoms with van der Waals surface area (Å²) in [4.78, 5) is 14.8. The summed E-state index contributed by atoms with van der Waals surface area (Å²) in [5.74, 6) is -0.919. The number of carbonyl (C=O) groups is 1. The first-order chi connectivity index (χ1) is 5.87. The van der Waals surface area contributed by atoms with Crippen LogP contribution in [0.5, 0.6) is 0 Å². The van der Waals surface area contributed by atoms with E-state index in [1.807, 2.05) is 0 Å². The van der Waals surface area contributed by atoms with Crippen molar-refractivity contribution in [1.29, 1.82) is 0 Å². The van der Waals surface area contributed by atoms with E-state index in [0.29, 0.717) is 5.69 Å². The van der Waals surface area contributed by atoms with Crippen LogP contribution < -0.4 is 0 Å². The van der Waals surface area contributed by atoms with Gasteiger partial charge in [0.15, 0.2) is 5.15 Å². The van der Waals surface area contributed by atoms with Crippen molar-refractivity contribution >= 4 is 17.6 Å². The van der Waals surface area contributed by atoms with Crippen molar-refractivity contribution in [2.24, 2.45) is 7.05 Å². The van der Waals surface area contributed by atoms with Crippen LogP contribution >= 0.6 is 11.6 Å². The average molecular weight is 203 g/mol. The molecule has 0 amide bonds. The summed E-state index contributed by atoms with van der Waals surface area (Å²) >= 11 is 5.78. The van der Waals surface area contributed by atoms with Gasteiger partial charge in [-0.1, -0.05) is 11.6 Å². The first-order valence-electron chi connectivity index (χ1n) is 3.78. The quantitative estimate of drug-likeness (QED) is 0.790.